The Labute approximate surface area is 438 Å². The average molecular weight is 1130 g/mol. The second kappa shape index (κ2) is 15.5. The molecule has 0 saturated heterocycles. The van der Waals surface area contributed by atoms with E-state index >= 15 is 0 Å². The maximum Gasteiger partial charge on any atom is 0.205 e. The molecular formula is C50H30O31. The van der Waals surface area contributed by atoms with E-state index in [1.54, 1.807) is 0 Å². The largest absolute Gasteiger partial charge is 0.506 e. The van der Waals surface area contributed by atoms with Gasteiger partial charge in [-0.3, -0.25) is 0 Å². The standard InChI is InChI=1S/C50H30O31/c51-19-10(30(62)39(71)32(64)13(19)8-3-9-14(33(65)45(77)44(76)27(9)59)29(61)28(60)12(3)31(63)38(70)26(8)58)1-4-6(24(56)42(74)40(72)22(4)54)2(7-5(1)23(55)41(73)43(75)25(7)57)11-20(52)18-17-21(53)15-16(35(67)47(79)46(78)34(15)66)37(69)49(17)81-50(18)48(80)36(11)68/h51-80H. The van der Waals surface area contributed by atoms with Crippen molar-refractivity contribution in [1.82, 2.24) is 0 Å². The molecule has 0 bridgehead atoms. The molecule has 416 valence electrons. The molecule has 0 radical (unpaired) electrons. The summed E-state index contributed by atoms with van der Waals surface area (Å²) in [5, 5.41) is 325. The predicted octanol–water partition coefficient (Wildman–Crippen LogP) is 5.52. The fourth-order valence-electron chi connectivity index (χ4n) is 10.4. The number of phenolic OH excluding ortho intramolecular Hbond substituents is 30. The van der Waals surface area contributed by atoms with Crippen LogP contribution >= 0.6 is 0 Å². The summed E-state index contributed by atoms with van der Waals surface area (Å²) in [6.07, 6.45) is 0. The topological polar surface area (TPSA) is 620 Å². The maximum atomic E-state index is 12.6. The summed E-state index contributed by atoms with van der Waals surface area (Å²) in [6.45, 7) is 0. The van der Waals surface area contributed by atoms with E-state index in [0.717, 1.165) is 0 Å². The quantitative estimate of drug-likeness (QED) is 0.0448. The van der Waals surface area contributed by atoms with E-state index < -0.39 is 282 Å². The van der Waals surface area contributed by atoms with E-state index in [0.29, 0.717) is 0 Å². The van der Waals surface area contributed by atoms with Gasteiger partial charge in [-0.25, -0.2) is 0 Å². The number of benzene rings is 10. The molecule has 30 N–H and O–H groups in total. The first-order valence-electron chi connectivity index (χ1n) is 21.9. The minimum Gasteiger partial charge on any atom is -0.506 e. The van der Waals surface area contributed by atoms with Gasteiger partial charge in [-0.05, 0) is 0 Å². The van der Waals surface area contributed by atoms with Crippen molar-refractivity contribution >= 4 is 75.8 Å². The van der Waals surface area contributed by atoms with Gasteiger partial charge in [-0.2, -0.15) is 0 Å². The van der Waals surface area contributed by atoms with Crippen LogP contribution in [0.5, 0.6) is 172 Å². The van der Waals surface area contributed by atoms with Crippen LogP contribution in [0.3, 0.4) is 0 Å². The first kappa shape index (κ1) is 50.5. The highest BCUT2D eigenvalue weighted by molar-refractivity contribution is 6.34. The molecule has 81 heavy (non-hydrogen) atoms. The molecule has 1 aromatic heterocycles. The molecule has 1 heterocycles. The summed E-state index contributed by atoms with van der Waals surface area (Å²) < 4.78 is 5.47. The lowest BCUT2D eigenvalue weighted by Crippen LogP contribution is -1.97. The Kier molecular flexibility index (Phi) is 9.63. The van der Waals surface area contributed by atoms with E-state index in [2.05, 4.69) is 0 Å². The third-order valence-corrected chi connectivity index (χ3v) is 14.1. The summed E-state index contributed by atoms with van der Waals surface area (Å²) in [5.41, 5.74) is -11.8. The van der Waals surface area contributed by atoms with Crippen molar-refractivity contribution in [2.75, 3.05) is 0 Å². The SMILES string of the molecule is Oc1c(O)c(-c2c3c(O)c(O)c(O)c(O)c3c(-c3c(O)c(O)c4oc5c(O)c6c(O)c(O)c(O)c(O)c6c(O)c5c4c3O)c3c(O)c(O)c(O)c(O)c23)c(O)c(-c2c(O)c(O)c(O)c3c(O)c(O)c4c(O)c(O)c(O)c(O)c4c23)c1O. The number of furan rings is 1. The Hall–Kier alpha value is -12.7. The van der Waals surface area contributed by atoms with Crippen molar-refractivity contribution in [2.45, 2.75) is 0 Å². The van der Waals surface area contributed by atoms with Crippen molar-refractivity contribution in [2.24, 2.45) is 0 Å². The number of hydrogen-bond donors (Lipinski definition) is 30. The molecule has 10 aromatic carbocycles. The highest BCUT2D eigenvalue weighted by Gasteiger charge is 2.42. The van der Waals surface area contributed by atoms with Gasteiger partial charge in [-0.15, -0.1) is 0 Å². The minimum atomic E-state index is -1.98. The van der Waals surface area contributed by atoms with E-state index in [-0.39, 0.29) is 0 Å². The summed E-state index contributed by atoms with van der Waals surface area (Å²) >= 11 is 0. The zero-order valence-electron chi connectivity index (χ0n) is 38.8. The zero-order chi connectivity index (χ0) is 59.6. The van der Waals surface area contributed by atoms with Crippen LogP contribution in [0.1, 0.15) is 0 Å². The molecule has 11 rings (SSSR count). The molecular weight excluding hydrogens is 1100 g/mol. The van der Waals surface area contributed by atoms with Gasteiger partial charge in [0, 0.05) is 49.0 Å². The van der Waals surface area contributed by atoms with Crippen molar-refractivity contribution < 1.29 is 158 Å². The summed E-state index contributed by atoms with van der Waals surface area (Å²) in [7, 11) is 0. The van der Waals surface area contributed by atoms with Gasteiger partial charge in [0.05, 0.1) is 49.0 Å². The molecule has 0 atom stereocenters. The third-order valence-electron chi connectivity index (χ3n) is 14.1. The molecule has 31 nitrogen and oxygen atoms in total. The molecule has 11 aromatic rings. The molecule has 0 saturated carbocycles. The second-order valence-corrected chi connectivity index (χ2v) is 18.0. The molecule has 0 amide bonds. The lowest BCUT2D eigenvalue weighted by molar-refractivity contribution is 0.349. The zero-order valence-corrected chi connectivity index (χ0v) is 38.8. The summed E-state index contributed by atoms with van der Waals surface area (Å²) in [6, 6.07) is 0. The number of rotatable bonds is 3. The lowest BCUT2D eigenvalue weighted by atomic mass is 9.81. The Bertz CT molecular complexity index is 4840. The molecule has 0 aliphatic rings. The maximum absolute atomic E-state index is 12.6. The van der Waals surface area contributed by atoms with E-state index in [4.69, 9.17) is 4.42 Å². The Balaban J connectivity index is 1.41. The van der Waals surface area contributed by atoms with Crippen LogP contribution < -0.4 is 0 Å². The van der Waals surface area contributed by atoms with Crippen LogP contribution in [0.15, 0.2) is 4.42 Å². The molecule has 0 unspecified atom stereocenters. The van der Waals surface area contributed by atoms with Gasteiger partial charge in [0.2, 0.25) is 63.2 Å². The van der Waals surface area contributed by atoms with Crippen LogP contribution in [0, 0.1) is 0 Å². The monoisotopic (exact) mass is 1130 g/mol. The molecule has 0 spiro atoms. The summed E-state index contributed by atoms with van der Waals surface area (Å²) in [5.74, 6) is -51.4. The van der Waals surface area contributed by atoms with Crippen LogP contribution in [-0.2, 0) is 0 Å². The van der Waals surface area contributed by atoms with Crippen LogP contribution in [0.25, 0.3) is 109 Å². The Morgan fingerprint density at radius 2 is 0.333 bits per heavy atom. The van der Waals surface area contributed by atoms with Gasteiger partial charge in [0.1, 0.15) is 17.2 Å². The van der Waals surface area contributed by atoms with E-state index in [9.17, 15) is 153 Å². The van der Waals surface area contributed by atoms with E-state index in [1.807, 2.05) is 0 Å². The third kappa shape index (κ3) is 5.55. The van der Waals surface area contributed by atoms with Crippen molar-refractivity contribution in [3.8, 4) is 206 Å². The average Bonchev–Trinajstić information content (AvgIpc) is 3.91. The Morgan fingerprint density at radius 1 is 0.111 bits per heavy atom. The lowest BCUT2D eigenvalue weighted by Gasteiger charge is -2.25. The van der Waals surface area contributed by atoms with Crippen LogP contribution in [0.2, 0.25) is 0 Å². The smallest absolute Gasteiger partial charge is 0.205 e. The fraction of sp³-hybridized carbons (Fsp3) is 0. The first-order chi connectivity index (χ1) is 37.8. The molecule has 0 fully saturated rings. The molecule has 0 aliphatic carbocycles. The highest BCUT2D eigenvalue weighted by atomic mass is 16.4. The van der Waals surface area contributed by atoms with Crippen molar-refractivity contribution in [1.29, 1.82) is 0 Å². The van der Waals surface area contributed by atoms with Crippen LogP contribution in [-0.4, -0.2) is 153 Å². The number of aromatic hydroxyl groups is 30. The number of hydrogen-bond acceptors (Lipinski definition) is 31. The minimum absolute atomic E-state index is 1.07. The number of phenols is 30. The predicted molar refractivity (Wildman–Crippen MR) is 268 cm³/mol. The van der Waals surface area contributed by atoms with Crippen molar-refractivity contribution in [3.05, 3.63) is 0 Å². The van der Waals surface area contributed by atoms with E-state index in [1.165, 1.54) is 0 Å². The van der Waals surface area contributed by atoms with Gasteiger partial charge in [0.15, 0.2) is 103 Å². The Morgan fingerprint density at radius 3 is 0.728 bits per heavy atom. The molecule has 31 heteroatoms. The highest BCUT2D eigenvalue weighted by Crippen LogP contribution is 2.71. The fourth-order valence-corrected chi connectivity index (χ4v) is 10.4. The van der Waals surface area contributed by atoms with Gasteiger partial charge in [0.25, 0.3) is 0 Å². The van der Waals surface area contributed by atoms with Crippen LogP contribution in [0.4, 0.5) is 0 Å². The first-order valence-corrected chi connectivity index (χ1v) is 21.9. The second-order valence-electron chi connectivity index (χ2n) is 18.0. The molecule has 0 aliphatic heterocycles. The van der Waals surface area contributed by atoms with Crippen molar-refractivity contribution in [3.63, 3.8) is 0 Å². The van der Waals surface area contributed by atoms with Gasteiger partial charge < -0.3 is 158 Å². The normalized spacial score (nSPS) is 12.0. The summed E-state index contributed by atoms with van der Waals surface area (Å²) in [4.78, 5) is 0. The number of fused-ring (bicyclic) bond motifs is 9. The van der Waals surface area contributed by atoms with Gasteiger partial charge >= 0.3 is 0 Å². The van der Waals surface area contributed by atoms with Gasteiger partial charge in [-0.1, -0.05) is 0 Å².